The van der Waals surface area contributed by atoms with Crippen molar-refractivity contribution in [3.05, 3.63) is 144 Å². The molecule has 4 aromatic rings. The van der Waals surface area contributed by atoms with Crippen LogP contribution in [0.25, 0.3) is 0 Å². The third-order valence-corrected chi connectivity index (χ3v) is 6.90. The van der Waals surface area contributed by atoms with Crippen LogP contribution in [0.1, 0.15) is 40.0 Å². The molecule has 0 radical (unpaired) electrons. The van der Waals surface area contributed by atoms with Gasteiger partial charge in [-0.3, -0.25) is 0 Å². The van der Waals surface area contributed by atoms with Gasteiger partial charge in [-0.15, -0.1) is 0 Å². The van der Waals surface area contributed by atoms with Crippen LogP contribution in [-0.4, -0.2) is 13.1 Å². The van der Waals surface area contributed by atoms with Crippen molar-refractivity contribution in [3.63, 3.8) is 0 Å². The van der Waals surface area contributed by atoms with Crippen LogP contribution in [-0.2, 0) is 6.42 Å². The molecule has 5 rings (SSSR count). The highest BCUT2D eigenvalue weighted by molar-refractivity contribution is 5.39. The molecule has 4 aromatic carbocycles. The van der Waals surface area contributed by atoms with E-state index in [9.17, 15) is 0 Å². The highest BCUT2D eigenvalue weighted by atomic mass is 14.9. The maximum absolute atomic E-state index is 3.87. The molecule has 1 heteroatoms. The number of nitrogens with one attached hydrogen (secondary N) is 1. The van der Waals surface area contributed by atoms with E-state index < -0.39 is 0 Å². The van der Waals surface area contributed by atoms with E-state index in [4.69, 9.17) is 0 Å². The molecule has 3 unspecified atom stereocenters. The lowest BCUT2D eigenvalue weighted by Crippen LogP contribution is -2.25. The summed E-state index contributed by atoms with van der Waals surface area (Å²) in [7, 11) is 0. The molecule has 1 aliphatic carbocycles. The topological polar surface area (TPSA) is 12.0 Å². The van der Waals surface area contributed by atoms with Gasteiger partial charge in [-0.1, -0.05) is 121 Å². The van der Waals surface area contributed by atoms with E-state index in [-0.39, 0.29) is 0 Å². The molecular weight excluding hydrogens is 386 g/mol. The fourth-order valence-electron chi connectivity index (χ4n) is 5.24. The largest absolute Gasteiger partial charge is 0.316 e. The van der Waals surface area contributed by atoms with Crippen LogP contribution < -0.4 is 5.32 Å². The monoisotopic (exact) mass is 417 g/mol. The Bertz CT molecular complexity index is 1030. The molecular formula is C31H31N. The number of hydrogen-bond acceptors (Lipinski definition) is 1. The molecule has 1 aliphatic rings. The summed E-state index contributed by atoms with van der Waals surface area (Å²) in [5.41, 5.74) is 5.76. The second kappa shape index (κ2) is 9.97. The smallest absolute Gasteiger partial charge is 0.00234 e. The summed E-state index contributed by atoms with van der Waals surface area (Å²) in [6.07, 6.45) is 1.06. The summed E-state index contributed by atoms with van der Waals surface area (Å²) in [6.45, 7) is 2.05. The molecule has 0 amide bonds. The van der Waals surface area contributed by atoms with Gasteiger partial charge < -0.3 is 5.32 Å². The Labute approximate surface area is 192 Å². The van der Waals surface area contributed by atoms with E-state index in [1.165, 1.54) is 22.3 Å². The van der Waals surface area contributed by atoms with E-state index in [1.54, 1.807) is 0 Å². The SMILES string of the molecule is c1ccc(CC(CNCC2C(c3ccccc3)C2c2ccccc2)c2ccccc2)cc1. The third kappa shape index (κ3) is 4.84. The standard InChI is InChI=1S/C31H31N/c1-5-13-24(14-6-1)21-28(25-15-7-2-8-16-25)22-32-23-29-30(26-17-9-3-10-18-26)31(29)27-19-11-4-12-20-27/h1-20,28-32H,21-23H2. The van der Waals surface area contributed by atoms with Crippen LogP contribution >= 0.6 is 0 Å². The first kappa shape index (κ1) is 20.7. The predicted molar refractivity (Wildman–Crippen MR) is 134 cm³/mol. The van der Waals surface area contributed by atoms with Gasteiger partial charge in [0.1, 0.15) is 0 Å². The lowest BCUT2D eigenvalue weighted by atomic mass is 9.92. The molecule has 1 nitrogen and oxygen atoms in total. The van der Waals surface area contributed by atoms with Crippen molar-refractivity contribution >= 4 is 0 Å². The molecule has 0 spiro atoms. The summed E-state index contributed by atoms with van der Waals surface area (Å²) >= 11 is 0. The van der Waals surface area contributed by atoms with E-state index in [0.717, 1.165) is 19.5 Å². The van der Waals surface area contributed by atoms with Gasteiger partial charge in [0.25, 0.3) is 0 Å². The summed E-state index contributed by atoms with van der Waals surface area (Å²) in [6, 6.07) is 43.9. The normalized spacial score (nSPS) is 20.6. The molecule has 160 valence electrons. The molecule has 0 heterocycles. The average Bonchev–Trinajstić information content (AvgIpc) is 3.60. The van der Waals surface area contributed by atoms with E-state index >= 15 is 0 Å². The minimum atomic E-state index is 0.475. The van der Waals surface area contributed by atoms with Crippen LogP contribution in [0, 0.1) is 5.92 Å². The molecule has 3 atom stereocenters. The Morgan fingerprint density at radius 2 is 1.03 bits per heavy atom. The van der Waals surface area contributed by atoms with Crippen molar-refractivity contribution in [3.8, 4) is 0 Å². The fraction of sp³-hybridized carbons (Fsp3) is 0.226. The van der Waals surface area contributed by atoms with Crippen molar-refractivity contribution in [2.45, 2.75) is 24.2 Å². The molecule has 1 saturated carbocycles. The zero-order valence-corrected chi connectivity index (χ0v) is 18.5. The quantitative estimate of drug-likeness (QED) is 0.316. The Morgan fingerprint density at radius 1 is 0.562 bits per heavy atom. The van der Waals surface area contributed by atoms with E-state index in [1.807, 2.05) is 0 Å². The Kier molecular flexibility index (Phi) is 6.46. The second-order valence-corrected chi connectivity index (χ2v) is 8.99. The van der Waals surface area contributed by atoms with Crippen molar-refractivity contribution in [1.29, 1.82) is 0 Å². The van der Waals surface area contributed by atoms with Crippen molar-refractivity contribution in [2.75, 3.05) is 13.1 Å². The minimum Gasteiger partial charge on any atom is -0.316 e. The minimum absolute atomic E-state index is 0.475. The number of benzene rings is 4. The summed E-state index contributed by atoms with van der Waals surface area (Å²) in [4.78, 5) is 0. The third-order valence-electron chi connectivity index (χ3n) is 6.90. The van der Waals surface area contributed by atoms with Gasteiger partial charge in [-0.05, 0) is 53.0 Å². The van der Waals surface area contributed by atoms with Gasteiger partial charge in [-0.25, -0.2) is 0 Å². The van der Waals surface area contributed by atoms with Crippen LogP contribution in [0.3, 0.4) is 0 Å². The first-order chi connectivity index (χ1) is 15.9. The van der Waals surface area contributed by atoms with Crippen LogP contribution in [0.2, 0.25) is 0 Å². The summed E-state index contributed by atoms with van der Waals surface area (Å²) in [5, 5.41) is 3.87. The highest BCUT2D eigenvalue weighted by Gasteiger charge is 2.50. The van der Waals surface area contributed by atoms with E-state index in [0.29, 0.717) is 23.7 Å². The molecule has 1 fully saturated rings. The van der Waals surface area contributed by atoms with Gasteiger partial charge in [-0.2, -0.15) is 0 Å². The van der Waals surface area contributed by atoms with Crippen molar-refractivity contribution in [2.24, 2.45) is 5.92 Å². The lowest BCUT2D eigenvalue weighted by molar-refractivity contribution is 0.552. The maximum atomic E-state index is 3.87. The first-order valence-electron chi connectivity index (χ1n) is 11.8. The Morgan fingerprint density at radius 3 is 1.56 bits per heavy atom. The van der Waals surface area contributed by atoms with E-state index in [2.05, 4.69) is 127 Å². The zero-order valence-electron chi connectivity index (χ0n) is 18.5. The van der Waals surface area contributed by atoms with Crippen LogP contribution in [0.5, 0.6) is 0 Å². The zero-order chi connectivity index (χ0) is 21.6. The maximum Gasteiger partial charge on any atom is 0.00234 e. The first-order valence-corrected chi connectivity index (χ1v) is 11.8. The molecule has 32 heavy (non-hydrogen) atoms. The van der Waals surface area contributed by atoms with Crippen molar-refractivity contribution < 1.29 is 0 Å². The highest BCUT2D eigenvalue weighted by Crippen LogP contribution is 2.60. The summed E-state index contributed by atoms with van der Waals surface area (Å²) in [5.74, 6) is 2.33. The van der Waals surface area contributed by atoms with Gasteiger partial charge in [0.2, 0.25) is 0 Å². The Hall–Kier alpha value is -3.16. The average molecular weight is 418 g/mol. The predicted octanol–water partition coefficient (Wildman–Crippen LogP) is 6.80. The molecule has 0 aliphatic heterocycles. The second-order valence-electron chi connectivity index (χ2n) is 8.99. The molecule has 0 bridgehead atoms. The lowest BCUT2D eigenvalue weighted by Gasteiger charge is -2.19. The molecule has 0 aromatic heterocycles. The van der Waals surface area contributed by atoms with Gasteiger partial charge in [0.15, 0.2) is 0 Å². The Balaban J connectivity index is 1.28. The summed E-state index contributed by atoms with van der Waals surface area (Å²) < 4.78 is 0. The van der Waals surface area contributed by atoms with Gasteiger partial charge in [0, 0.05) is 12.5 Å². The van der Waals surface area contributed by atoms with Gasteiger partial charge >= 0.3 is 0 Å². The molecule has 0 saturated heterocycles. The molecule has 1 N–H and O–H groups in total. The fourth-order valence-corrected chi connectivity index (χ4v) is 5.24. The number of hydrogen-bond donors (Lipinski definition) is 1. The number of rotatable bonds is 9. The van der Waals surface area contributed by atoms with Gasteiger partial charge in [0.05, 0.1) is 0 Å². The van der Waals surface area contributed by atoms with Crippen LogP contribution in [0.15, 0.2) is 121 Å². The van der Waals surface area contributed by atoms with Crippen LogP contribution in [0.4, 0.5) is 0 Å². The van der Waals surface area contributed by atoms with Crippen molar-refractivity contribution in [1.82, 2.24) is 5.32 Å².